The molecule has 0 saturated heterocycles. The van der Waals surface area contributed by atoms with Gasteiger partial charge in [0, 0.05) is 25.2 Å². The van der Waals surface area contributed by atoms with Gasteiger partial charge in [0.15, 0.2) is 0 Å². The van der Waals surface area contributed by atoms with Gasteiger partial charge in [0.2, 0.25) is 0 Å². The zero-order chi connectivity index (χ0) is 11.1. The van der Waals surface area contributed by atoms with E-state index in [1.165, 1.54) is 19.3 Å². The summed E-state index contributed by atoms with van der Waals surface area (Å²) >= 11 is 0. The second-order valence-corrected chi connectivity index (χ2v) is 4.22. The monoisotopic (exact) mass is 214 g/mol. The Kier molecular flexibility index (Phi) is 6.22. The SMILES string of the molecule is CCOCCN(CC)C1CCCC1NC. The van der Waals surface area contributed by atoms with Crippen molar-refractivity contribution < 1.29 is 4.74 Å². The van der Waals surface area contributed by atoms with Crippen LogP contribution in [-0.2, 0) is 4.74 Å². The van der Waals surface area contributed by atoms with Crippen LogP contribution in [0.4, 0.5) is 0 Å². The zero-order valence-electron chi connectivity index (χ0n) is 10.5. The van der Waals surface area contributed by atoms with Crippen molar-refractivity contribution in [2.24, 2.45) is 0 Å². The summed E-state index contributed by atoms with van der Waals surface area (Å²) in [7, 11) is 2.08. The first-order chi connectivity index (χ1) is 7.33. The summed E-state index contributed by atoms with van der Waals surface area (Å²) in [5.74, 6) is 0. The summed E-state index contributed by atoms with van der Waals surface area (Å²) in [6.45, 7) is 8.22. The van der Waals surface area contributed by atoms with Gasteiger partial charge >= 0.3 is 0 Å². The van der Waals surface area contributed by atoms with Crippen LogP contribution in [0.15, 0.2) is 0 Å². The maximum atomic E-state index is 5.43. The van der Waals surface area contributed by atoms with Crippen LogP contribution in [0.2, 0.25) is 0 Å². The second-order valence-electron chi connectivity index (χ2n) is 4.22. The van der Waals surface area contributed by atoms with E-state index in [2.05, 4.69) is 31.1 Å². The third kappa shape index (κ3) is 3.74. The van der Waals surface area contributed by atoms with E-state index in [-0.39, 0.29) is 0 Å². The fraction of sp³-hybridized carbons (Fsp3) is 1.00. The molecule has 90 valence electrons. The third-order valence-corrected chi connectivity index (χ3v) is 3.45. The molecule has 0 aromatic rings. The van der Waals surface area contributed by atoms with E-state index in [9.17, 15) is 0 Å². The highest BCUT2D eigenvalue weighted by Gasteiger charge is 2.29. The van der Waals surface area contributed by atoms with Gasteiger partial charge in [-0.25, -0.2) is 0 Å². The first kappa shape index (κ1) is 12.9. The Labute approximate surface area is 94.2 Å². The van der Waals surface area contributed by atoms with Crippen LogP contribution in [-0.4, -0.2) is 50.3 Å². The number of hydrogen-bond donors (Lipinski definition) is 1. The lowest BCUT2D eigenvalue weighted by Crippen LogP contribution is -2.46. The van der Waals surface area contributed by atoms with Crippen LogP contribution in [0.25, 0.3) is 0 Å². The molecule has 3 nitrogen and oxygen atoms in total. The molecule has 1 N–H and O–H groups in total. The van der Waals surface area contributed by atoms with Gasteiger partial charge in [-0.15, -0.1) is 0 Å². The second kappa shape index (κ2) is 7.20. The number of nitrogens with zero attached hydrogens (tertiary/aromatic N) is 1. The van der Waals surface area contributed by atoms with E-state index in [1.807, 2.05) is 0 Å². The largest absolute Gasteiger partial charge is 0.380 e. The van der Waals surface area contributed by atoms with Crippen molar-refractivity contribution >= 4 is 0 Å². The van der Waals surface area contributed by atoms with Crippen LogP contribution in [0.3, 0.4) is 0 Å². The molecule has 2 atom stereocenters. The molecule has 1 aliphatic carbocycles. The van der Waals surface area contributed by atoms with Gasteiger partial charge in [-0.05, 0) is 33.4 Å². The van der Waals surface area contributed by atoms with E-state index in [0.717, 1.165) is 32.3 Å². The molecule has 0 amide bonds. The molecular formula is C12H26N2O. The summed E-state index contributed by atoms with van der Waals surface area (Å²) in [6.07, 6.45) is 4.03. The van der Waals surface area contributed by atoms with Crippen molar-refractivity contribution in [3.05, 3.63) is 0 Å². The van der Waals surface area contributed by atoms with Crippen molar-refractivity contribution in [3.8, 4) is 0 Å². The summed E-state index contributed by atoms with van der Waals surface area (Å²) in [6, 6.07) is 1.41. The van der Waals surface area contributed by atoms with Gasteiger partial charge in [0.05, 0.1) is 6.61 Å². The van der Waals surface area contributed by atoms with Crippen LogP contribution in [0.5, 0.6) is 0 Å². The lowest BCUT2D eigenvalue weighted by atomic mass is 10.1. The molecule has 0 bridgehead atoms. The Hall–Kier alpha value is -0.120. The molecule has 0 aliphatic heterocycles. The van der Waals surface area contributed by atoms with E-state index >= 15 is 0 Å². The van der Waals surface area contributed by atoms with Gasteiger partial charge in [0.1, 0.15) is 0 Å². The summed E-state index contributed by atoms with van der Waals surface area (Å²) in [5.41, 5.74) is 0. The predicted octanol–water partition coefficient (Wildman–Crippen LogP) is 1.49. The lowest BCUT2D eigenvalue weighted by molar-refractivity contribution is 0.0915. The average molecular weight is 214 g/mol. The Balaban J connectivity index is 2.35. The number of likely N-dealkylation sites (N-methyl/N-ethyl adjacent to an activating group) is 2. The summed E-state index contributed by atoms with van der Waals surface area (Å²) in [4.78, 5) is 2.56. The molecule has 0 radical (unpaired) electrons. The molecule has 1 fully saturated rings. The molecule has 1 aliphatic rings. The molecule has 0 aromatic heterocycles. The Bertz CT molecular complexity index is 164. The number of nitrogens with one attached hydrogen (secondary N) is 1. The number of rotatable bonds is 7. The van der Waals surface area contributed by atoms with E-state index in [1.54, 1.807) is 0 Å². The minimum absolute atomic E-state index is 0.687. The highest BCUT2D eigenvalue weighted by molar-refractivity contribution is 4.89. The summed E-state index contributed by atoms with van der Waals surface area (Å²) in [5, 5.41) is 3.44. The van der Waals surface area contributed by atoms with Crippen molar-refractivity contribution in [2.45, 2.75) is 45.2 Å². The fourth-order valence-electron chi connectivity index (χ4n) is 2.60. The van der Waals surface area contributed by atoms with Gasteiger partial charge < -0.3 is 10.1 Å². The van der Waals surface area contributed by atoms with Gasteiger partial charge in [-0.3, -0.25) is 4.90 Å². The highest BCUT2D eigenvalue weighted by Crippen LogP contribution is 2.23. The topological polar surface area (TPSA) is 24.5 Å². The maximum absolute atomic E-state index is 5.43. The van der Waals surface area contributed by atoms with E-state index in [4.69, 9.17) is 4.74 Å². The average Bonchev–Trinajstić information content (AvgIpc) is 2.72. The Morgan fingerprint density at radius 2 is 2.13 bits per heavy atom. The molecule has 0 aromatic carbocycles. The third-order valence-electron chi connectivity index (χ3n) is 3.45. The van der Waals surface area contributed by atoms with Crippen LogP contribution in [0.1, 0.15) is 33.1 Å². The van der Waals surface area contributed by atoms with E-state index in [0.29, 0.717) is 6.04 Å². The zero-order valence-corrected chi connectivity index (χ0v) is 10.5. The number of ether oxygens (including phenoxy) is 1. The Morgan fingerprint density at radius 3 is 2.73 bits per heavy atom. The van der Waals surface area contributed by atoms with Crippen molar-refractivity contribution in [1.82, 2.24) is 10.2 Å². The summed E-state index contributed by atoms with van der Waals surface area (Å²) < 4.78 is 5.43. The molecule has 1 rings (SSSR count). The van der Waals surface area contributed by atoms with Crippen LogP contribution >= 0.6 is 0 Å². The first-order valence-electron chi connectivity index (χ1n) is 6.32. The molecule has 0 spiro atoms. The molecule has 3 heteroatoms. The molecule has 0 heterocycles. The maximum Gasteiger partial charge on any atom is 0.0593 e. The van der Waals surface area contributed by atoms with Crippen molar-refractivity contribution in [2.75, 3.05) is 33.4 Å². The highest BCUT2D eigenvalue weighted by atomic mass is 16.5. The molecule has 15 heavy (non-hydrogen) atoms. The van der Waals surface area contributed by atoms with Gasteiger partial charge in [0.25, 0.3) is 0 Å². The van der Waals surface area contributed by atoms with Crippen molar-refractivity contribution in [1.29, 1.82) is 0 Å². The molecule has 2 unspecified atom stereocenters. The lowest BCUT2D eigenvalue weighted by Gasteiger charge is -2.31. The smallest absolute Gasteiger partial charge is 0.0593 e. The molecule has 1 saturated carbocycles. The van der Waals surface area contributed by atoms with Crippen LogP contribution < -0.4 is 5.32 Å². The van der Waals surface area contributed by atoms with Gasteiger partial charge in [-0.2, -0.15) is 0 Å². The van der Waals surface area contributed by atoms with Gasteiger partial charge in [-0.1, -0.05) is 13.3 Å². The minimum Gasteiger partial charge on any atom is -0.380 e. The predicted molar refractivity (Wildman–Crippen MR) is 64.2 cm³/mol. The standard InChI is InChI=1S/C12H26N2O/c1-4-14(9-10-15-5-2)12-8-6-7-11(12)13-3/h11-13H,4-10H2,1-3H3. The quantitative estimate of drug-likeness (QED) is 0.650. The minimum atomic E-state index is 0.687. The molecular weight excluding hydrogens is 188 g/mol. The number of hydrogen-bond acceptors (Lipinski definition) is 3. The van der Waals surface area contributed by atoms with Crippen LogP contribution in [0, 0.1) is 0 Å². The normalized spacial score (nSPS) is 26.4. The van der Waals surface area contributed by atoms with E-state index < -0.39 is 0 Å². The first-order valence-corrected chi connectivity index (χ1v) is 6.32. The Morgan fingerprint density at radius 1 is 1.33 bits per heavy atom. The van der Waals surface area contributed by atoms with Crippen molar-refractivity contribution in [3.63, 3.8) is 0 Å². The fourth-order valence-corrected chi connectivity index (χ4v) is 2.60.